The molecule has 0 aromatic heterocycles. The molecule has 0 fully saturated rings. The molecule has 1 aliphatic rings. The number of aliphatic imine (C=N–C) groups is 1. The van der Waals surface area contributed by atoms with Crippen LogP contribution >= 0.6 is 6.72 Å². The highest BCUT2D eigenvalue weighted by Gasteiger charge is 2.37. The van der Waals surface area contributed by atoms with Crippen LogP contribution in [0.1, 0.15) is 20.3 Å². The van der Waals surface area contributed by atoms with E-state index in [0.29, 0.717) is 13.0 Å². The molecule has 0 saturated heterocycles. The first-order valence-electron chi connectivity index (χ1n) is 4.67. The summed E-state index contributed by atoms with van der Waals surface area (Å²) in [4.78, 5) is 24.2. The molecule has 0 bridgehead atoms. The molecule has 1 rings (SSSR count). The lowest BCUT2D eigenvalue weighted by Gasteiger charge is -2.40. The zero-order valence-corrected chi connectivity index (χ0v) is 10.4. The van der Waals surface area contributed by atoms with Crippen molar-refractivity contribution < 1.29 is 14.3 Å². The normalized spacial score (nSPS) is 26.0. The first-order chi connectivity index (χ1) is 6.93. The Kier molecular flexibility index (Phi) is 4.03. The van der Waals surface area contributed by atoms with Gasteiger partial charge in [0.05, 0.1) is 6.21 Å². The van der Waals surface area contributed by atoms with Gasteiger partial charge in [-0.2, -0.15) is 0 Å². The SMILES string of the molecule is CCN1C=CN=CC1(CC)OP(O)(O)=S. The maximum absolute atomic E-state index is 9.23. The smallest absolute Gasteiger partial charge is 0.324 e. The average molecular weight is 250 g/mol. The van der Waals surface area contributed by atoms with Crippen molar-refractivity contribution in [1.29, 1.82) is 0 Å². The van der Waals surface area contributed by atoms with Gasteiger partial charge in [-0.25, -0.2) is 0 Å². The molecule has 2 N–H and O–H groups in total. The molecule has 1 atom stereocenters. The van der Waals surface area contributed by atoms with Crippen LogP contribution in [0.3, 0.4) is 0 Å². The Labute approximate surface area is 94.3 Å². The van der Waals surface area contributed by atoms with Crippen molar-refractivity contribution in [3.63, 3.8) is 0 Å². The monoisotopic (exact) mass is 250 g/mol. The number of hydrogen-bond donors (Lipinski definition) is 2. The number of nitrogens with zero attached hydrogens (tertiary/aromatic N) is 2. The van der Waals surface area contributed by atoms with Gasteiger partial charge in [-0.3, -0.25) is 9.52 Å². The van der Waals surface area contributed by atoms with Crippen LogP contribution in [0.4, 0.5) is 0 Å². The topological polar surface area (TPSA) is 65.3 Å². The highest BCUT2D eigenvalue weighted by Crippen LogP contribution is 2.44. The molecule has 0 aliphatic carbocycles. The minimum atomic E-state index is -3.70. The second-order valence-electron chi connectivity index (χ2n) is 3.14. The molecule has 5 nitrogen and oxygen atoms in total. The predicted octanol–water partition coefficient (Wildman–Crippen LogP) is 1.20. The summed E-state index contributed by atoms with van der Waals surface area (Å²) in [6, 6.07) is 0. The number of hydrogen-bond acceptors (Lipinski definition) is 4. The molecule has 15 heavy (non-hydrogen) atoms. The molecule has 0 aromatic rings. The van der Waals surface area contributed by atoms with Gasteiger partial charge >= 0.3 is 6.72 Å². The van der Waals surface area contributed by atoms with Crippen LogP contribution in [0.2, 0.25) is 0 Å². The Morgan fingerprint density at radius 3 is 2.67 bits per heavy atom. The Morgan fingerprint density at radius 1 is 1.53 bits per heavy atom. The molecule has 0 amide bonds. The van der Waals surface area contributed by atoms with Crippen molar-refractivity contribution in [1.82, 2.24) is 4.90 Å². The second kappa shape index (κ2) is 4.72. The standard InChI is InChI=1S/C8H15N2O3PS/c1-3-8(13-14(11,12)15)7-9-5-6-10(8)4-2/h5-7H,3-4H2,1-2H3,(H2,11,12,15). The first kappa shape index (κ1) is 12.8. The van der Waals surface area contributed by atoms with Crippen molar-refractivity contribution in [3.8, 4) is 0 Å². The Bertz CT molecular complexity index is 328. The molecule has 0 spiro atoms. The second-order valence-corrected chi connectivity index (χ2v) is 5.73. The van der Waals surface area contributed by atoms with Crippen LogP contribution in [0.15, 0.2) is 17.4 Å². The molecule has 0 radical (unpaired) electrons. The van der Waals surface area contributed by atoms with E-state index >= 15 is 0 Å². The van der Waals surface area contributed by atoms with E-state index < -0.39 is 12.4 Å². The largest absolute Gasteiger partial charge is 0.344 e. The fourth-order valence-corrected chi connectivity index (χ4v) is 2.57. The minimum absolute atomic E-state index is 0.536. The van der Waals surface area contributed by atoms with E-state index in [1.54, 1.807) is 18.6 Å². The van der Waals surface area contributed by atoms with Gasteiger partial charge < -0.3 is 14.7 Å². The summed E-state index contributed by atoms with van der Waals surface area (Å²) in [5.41, 5.74) is -0.928. The van der Waals surface area contributed by atoms with Crippen LogP contribution in [-0.2, 0) is 16.3 Å². The summed E-state index contributed by atoms with van der Waals surface area (Å²) in [6.45, 7) is 0.786. The zero-order valence-electron chi connectivity index (χ0n) is 8.70. The van der Waals surface area contributed by atoms with E-state index in [0.717, 1.165) is 0 Å². The third-order valence-corrected chi connectivity index (χ3v) is 3.00. The van der Waals surface area contributed by atoms with Crippen LogP contribution in [0.25, 0.3) is 0 Å². The summed E-state index contributed by atoms with van der Waals surface area (Å²) in [5, 5.41) is 0. The Balaban J connectivity index is 2.96. The van der Waals surface area contributed by atoms with Gasteiger partial charge in [-0.15, -0.1) is 0 Å². The van der Waals surface area contributed by atoms with Gasteiger partial charge in [0, 0.05) is 18.9 Å². The van der Waals surface area contributed by atoms with Crippen molar-refractivity contribution in [3.05, 3.63) is 12.4 Å². The van der Waals surface area contributed by atoms with Gasteiger partial charge in [0.1, 0.15) is 0 Å². The van der Waals surface area contributed by atoms with Crippen molar-refractivity contribution >= 4 is 24.7 Å². The molecule has 0 saturated carbocycles. The van der Waals surface area contributed by atoms with E-state index in [9.17, 15) is 9.79 Å². The van der Waals surface area contributed by atoms with Gasteiger partial charge in [-0.05, 0) is 25.2 Å². The highest BCUT2D eigenvalue weighted by atomic mass is 32.5. The fraction of sp³-hybridized carbons (Fsp3) is 0.625. The summed E-state index contributed by atoms with van der Waals surface area (Å²) in [5.74, 6) is 0. The van der Waals surface area contributed by atoms with E-state index in [1.165, 1.54) is 0 Å². The van der Waals surface area contributed by atoms with Crippen LogP contribution < -0.4 is 0 Å². The quantitative estimate of drug-likeness (QED) is 0.734. The lowest BCUT2D eigenvalue weighted by atomic mass is 10.1. The third kappa shape index (κ3) is 3.09. The van der Waals surface area contributed by atoms with Crippen LogP contribution in [0, 0.1) is 0 Å². The fourth-order valence-electron chi connectivity index (χ4n) is 1.49. The first-order valence-corrected chi connectivity index (χ1v) is 7.30. The molecule has 1 heterocycles. The minimum Gasteiger partial charge on any atom is -0.344 e. The number of rotatable bonds is 4. The molecule has 0 aromatic carbocycles. The zero-order chi connectivity index (χ0) is 11.5. The Hall–Kier alpha value is -0.260. The summed E-state index contributed by atoms with van der Waals surface area (Å²) < 4.78 is 5.18. The lowest BCUT2D eigenvalue weighted by Crippen LogP contribution is -2.49. The third-order valence-electron chi connectivity index (χ3n) is 2.22. The van der Waals surface area contributed by atoms with E-state index in [4.69, 9.17) is 4.52 Å². The van der Waals surface area contributed by atoms with E-state index in [1.807, 2.05) is 18.7 Å². The molecule has 1 aliphatic heterocycles. The molecule has 1 unspecified atom stereocenters. The van der Waals surface area contributed by atoms with E-state index in [2.05, 4.69) is 16.8 Å². The molecule has 86 valence electrons. The average Bonchev–Trinajstić information content (AvgIpc) is 2.16. The van der Waals surface area contributed by atoms with Gasteiger partial charge in [0.25, 0.3) is 0 Å². The van der Waals surface area contributed by atoms with Gasteiger partial charge in [-0.1, -0.05) is 6.92 Å². The summed E-state index contributed by atoms with van der Waals surface area (Å²) in [7, 11) is 0. The molecule has 7 heteroatoms. The van der Waals surface area contributed by atoms with Crippen LogP contribution in [-0.4, -0.2) is 33.2 Å². The van der Waals surface area contributed by atoms with Crippen LogP contribution in [0.5, 0.6) is 0 Å². The van der Waals surface area contributed by atoms with Crippen molar-refractivity contribution in [2.45, 2.75) is 26.0 Å². The molecular formula is C8H15N2O3PS. The van der Waals surface area contributed by atoms with Gasteiger partial charge in [0.15, 0.2) is 5.72 Å². The van der Waals surface area contributed by atoms with Crippen molar-refractivity contribution in [2.75, 3.05) is 6.54 Å². The summed E-state index contributed by atoms with van der Waals surface area (Å²) in [6.07, 6.45) is 5.45. The Morgan fingerprint density at radius 2 is 2.20 bits per heavy atom. The lowest BCUT2D eigenvalue weighted by molar-refractivity contribution is -0.00397. The predicted molar refractivity (Wildman–Crippen MR) is 62.8 cm³/mol. The summed E-state index contributed by atoms with van der Waals surface area (Å²) >= 11 is 4.49. The molecular weight excluding hydrogens is 235 g/mol. The maximum Gasteiger partial charge on any atom is 0.324 e. The van der Waals surface area contributed by atoms with E-state index in [-0.39, 0.29) is 0 Å². The van der Waals surface area contributed by atoms with Gasteiger partial charge in [0.2, 0.25) is 0 Å². The van der Waals surface area contributed by atoms with Crippen molar-refractivity contribution in [2.24, 2.45) is 4.99 Å². The maximum atomic E-state index is 9.23. The highest BCUT2D eigenvalue weighted by molar-refractivity contribution is 8.06.